The van der Waals surface area contributed by atoms with E-state index in [2.05, 4.69) is 0 Å². The van der Waals surface area contributed by atoms with E-state index in [0.717, 1.165) is 0 Å². The van der Waals surface area contributed by atoms with E-state index in [1.54, 1.807) is 12.1 Å². The van der Waals surface area contributed by atoms with Crippen LogP contribution >= 0.6 is 11.8 Å². The number of halogens is 4. The van der Waals surface area contributed by atoms with Gasteiger partial charge in [-0.25, -0.2) is 17.6 Å². The van der Waals surface area contributed by atoms with E-state index in [0.29, 0.717) is 33.5 Å². The van der Waals surface area contributed by atoms with E-state index >= 15 is 0 Å². The second-order valence-electron chi connectivity index (χ2n) is 9.04. The molecule has 0 saturated carbocycles. The maximum atomic E-state index is 14.7. The normalized spacial score (nSPS) is 12.9. The Labute approximate surface area is 183 Å². The molecule has 0 aliphatic rings. The molecule has 0 saturated heterocycles. The Bertz CT molecular complexity index is 1070. The number of methoxy groups -OCH3 is 1. The van der Waals surface area contributed by atoms with E-state index in [9.17, 15) is 26.0 Å². The lowest BCUT2D eigenvalue weighted by Gasteiger charge is -2.30. The van der Waals surface area contributed by atoms with Crippen LogP contribution in [0.2, 0.25) is 0 Å². The van der Waals surface area contributed by atoms with Gasteiger partial charge in [-0.1, -0.05) is 53.3 Å². The lowest BCUT2D eigenvalue weighted by molar-refractivity contribution is 0.384. The van der Waals surface area contributed by atoms with Crippen LogP contribution in [0.1, 0.15) is 52.7 Å². The highest BCUT2D eigenvalue weighted by Crippen LogP contribution is 2.47. The molecule has 10 heteroatoms. The van der Waals surface area contributed by atoms with Gasteiger partial charge in [0.1, 0.15) is 5.75 Å². The molecule has 4 nitrogen and oxygen atoms in total. The minimum atomic E-state index is -5.53. The third-order valence-electron chi connectivity index (χ3n) is 4.56. The summed E-state index contributed by atoms with van der Waals surface area (Å²) in [6.07, 6.45) is 0. The van der Waals surface area contributed by atoms with Crippen molar-refractivity contribution < 1.29 is 35.3 Å². The number of hydrogen-bond acceptors (Lipinski definition) is 4. The molecule has 0 fully saturated rings. The summed E-state index contributed by atoms with van der Waals surface area (Å²) in [6.45, 7) is 11.1. The summed E-state index contributed by atoms with van der Waals surface area (Å²) < 4.78 is 94.9. The van der Waals surface area contributed by atoms with Crippen LogP contribution in [0.4, 0.5) is 17.6 Å². The number of benzene rings is 2. The van der Waals surface area contributed by atoms with Crippen LogP contribution < -0.4 is 4.74 Å². The third-order valence-corrected chi connectivity index (χ3v) is 6.64. The van der Waals surface area contributed by atoms with Crippen molar-refractivity contribution in [3.05, 3.63) is 46.5 Å². The van der Waals surface area contributed by atoms with Crippen LogP contribution in [0.5, 0.6) is 5.75 Å². The summed E-state index contributed by atoms with van der Waals surface area (Å²) in [6, 6.07) is 3.35. The minimum absolute atomic E-state index is 0.358. The van der Waals surface area contributed by atoms with Crippen LogP contribution in [-0.4, -0.2) is 20.1 Å². The highest BCUT2D eigenvalue weighted by molar-refractivity contribution is 7.99. The fraction of sp³-hybridized carbons (Fsp3) is 0.429. The zero-order chi connectivity index (χ0) is 24.1. The molecular weight excluding hydrogens is 456 g/mol. The lowest BCUT2D eigenvalue weighted by Crippen LogP contribution is -2.19. The zero-order valence-corrected chi connectivity index (χ0v) is 19.8. The van der Waals surface area contributed by atoms with Gasteiger partial charge in [0.05, 0.1) is 12.0 Å². The Balaban J connectivity index is 2.92. The summed E-state index contributed by atoms with van der Waals surface area (Å²) in [5, 5.41) is 0. The summed E-state index contributed by atoms with van der Waals surface area (Å²) >= 11 is 0.453. The molecule has 2 rings (SSSR count). The fourth-order valence-corrected chi connectivity index (χ4v) is 5.10. The molecule has 0 radical (unpaired) electrons. The van der Waals surface area contributed by atoms with Crippen LogP contribution in [0, 0.1) is 23.3 Å². The molecule has 0 bridgehead atoms. The van der Waals surface area contributed by atoms with Crippen molar-refractivity contribution in [1.29, 1.82) is 0 Å². The summed E-state index contributed by atoms with van der Waals surface area (Å²) in [5.74, 6) is -7.70. The quantitative estimate of drug-likeness (QED) is 0.319. The van der Waals surface area contributed by atoms with Crippen LogP contribution in [0.15, 0.2) is 26.8 Å². The van der Waals surface area contributed by atoms with E-state index in [1.807, 2.05) is 41.5 Å². The molecule has 0 atom stereocenters. The first-order valence-corrected chi connectivity index (χ1v) is 11.4. The van der Waals surface area contributed by atoms with Gasteiger partial charge in [-0.2, -0.15) is 8.42 Å². The van der Waals surface area contributed by atoms with Gasteiger partial charge in [0.15, 0.2) is 28.2 Å². The highest BCUT2D eigenvalue weighted by Gasteiger charge is 2.35. The molecule has 31 heavy (non-hydrogen) atoms. The lowest BCUT2D eigenvalue weighted by atomic mass is 9.80. The van der Waals surface area contributed by atoms with Crippen molar-refractivity contribution in [1.82, 2.24) is 0 Å². The van der Waals surface area contributed by atoms with Gasteiger partial charge in [-0.3, -0.25) is 4.55 Å². The van der Waals surface area contributed by atoms with Crippen molar-refractivity contribution >= 4 is 21.9 Å². The fourth-order valence-electron chi connectivity index (χ4n) is 2.95. The van der Waals surface area contributed by atoms with Gasteiger partial charge in [0.25, 0.3) is 0 Å². The van der Waals surface area contributed by atoms with Gasteiger partial charge in [-0.05, 0) is 34.1 Å². The van der Waals surface area contributed by atoms with Gasteiger partial charge < -0.3 is 4.74 Å². The predicted octanol–water partition coefficient (Wildman–Crippen LogP) is 6.24. The summed E-state index contributed by atoms with van der Waals surface area (Å²) in [7, 11) is -4.05. The Hall–Kier alpha value is -1.78. The average molecular weight is 481 g/mol. The Morgan fingerprint density at radius 2 is 1.19 bits per heavy atom. The smallest absolute Gasteiger partial charge is 0.300 e. The van der Waals surface area contributed by atoms with Crippen LogP contribution in [-0.2, 0) is 20.9 Å². The monoisotopic (exact) mass is 480 g/mol. The third kappa shape index (κ3) is 5.01. The van der Waals surface area contributed by atoms with Crippen LogP contribution in [0.3, 0.4) is 0 Å². The number of hydrogen-bond donors (Lipinski definition) is 1. The summed E-state index contributed by atoms with van der Waals surface area (Å²) in [4.78, 5) is -2.76. The Kier molecular flexibility index (Phi) is 6.81. The van der Waals surface area contributed by atoms with E-state index in [-0.39, 0.29) is 0 Å². The SMILES string of the molecule is COc1cc(C(C)(C)C)c(Sc2c(F)c(F)c(S(=O)(=O)O)c(F)c2F)c(C(C)(C)C)c1. The van der Waals surface area contributed by atoms with Crippen molar-refractivity contribution in [3.8, 4) is 5.75 Å². The maximum Gasteiger partial charge on any atom is 0.300 e. The van der Waals surface area contributed by atoms with Crippen molar-refractivity contribution in [2.24, 2.45) is 0 Å². The summed E-state index contributed by atoms with van der Waals surface area (Å²) in [5.41, 5.74) is 0.130. The van der Waals surface area contributed by atoms with Gasteiger partial charge in [0.2, 0.25) is 0 Å². The second kappa shape index (κ2) is 8.29. The number of rotatable bonds is 4. The van der Waals surface area contributed by atoms with Crippen LogP contribution in [0.25, 0.3) is 0 Å². The molecule has 0 unspecified atom stereocenters. The van der Waals surface area contributed by atoms with E-state index in [4.69, 9.17) is 9.29 Å². The maximum absolute atomic E-state index is 14.7. The number of ether oxygens (including phenoxy) is 1. The average Bonchev–Trinajstić information content (AvgIpc) is 2.60. The first kappa shape index (κ1) is 25.5. The largest absolute Gasteiger partial charge is 0.497 e. The molecule has 0 aliphatic carbocycles. The van der Waals surface area contributed by atoms with Crippen molar-refractivity contribution in [2.45, 2.75) is 67.1 Å². The molecule has 0 spiro atoms. The molecule has 0 amide bonds. The first-order valence-electron chi connectivity index (χ1n) is 9.15. The molecule has 0 aliphatic heterocycles. The highest BCUT2D eigenvalue weighted by atomic mass is 32.2. The second-order valence-corrected chi connectivity index (χ2v) is 11.4. The molecule has 2 aromatic carbocycles. The minimum Gasteiger partial charge on any atom is -0.497 e. The molecule has 2 aromatic rings. The molecular formula is C21H24F4O4S2. The molecule has 0 heterocycles. The predicted molar refractivity (Wildman–Crippen MR) is 111 cm³/mol. The molecule has 1 N–H and O–H groups in total. The topological polar surface area (TPSA) is 63.6 Å². The Morgan fingerprint density at radius 1 is 0.806 bits per heavy atom. The van der Waals surface area contributed by atoms with Crippen molar-refractivity contribution in [2.75, 3.05) is 7.11 Å². The zero-order valence-electron chi connectivity index (χ0n) is 18.2. The van der Waals surface area contributed by atoms with E-state index in [1.165, 1.54) is 7.11 Å². The molecule has 172 valence electrons. The van der Waals surface area contributed by atoms with Gasteiger partial charge in [-0.15, -0.1) is 0 Å². The van der Waals surface area contributed by atoms with E-state index < -0.39 is 54.0 Å². The van der Waals surface area contributed by atoms with Gasteiger partial charge >= 0.3 is 10.1 Å². The van der Waals surface area contributed by atoms with Crippen molar-refractivity contribution in [3.63, 3.8) is 0 Å². The first-order chi connectivity index (χ1) is 13.9. The Morgan fingerprint density at radius 3 is 1.48 bits per heavy atom. The standard InChI is InChI=1S/C21H24F4O4S2/c1-20(2,3)11-8-10(29-7)9-12(21(4,5)6)17(11)30-18-13(22)15(24)19(31(26,27)28)16(25)14(18)23/h8-9H,1-7H3,(H,26,27,28). The van der Waals surface area contributed by atoms with Gasteiger partial charge in [0, 0.05) is 4.90 Å². The molecule has 0 aromatic heterocycles.